The zero-order valence-electron chi connectivity index (χ0n) is 8.20. The molecule has 0 aliphatic rings. The minimum atomic E-state index is -1.23. The second-order valence-corrected chi connectivity index (χ2v) is 3.48. The van der Waals surface area contributed by atoms with Gasteiger partial charge in [0.05, 0.1) is 5.52 Å². The molecule has 16 heavy (non-hydrogen) atoms. The van der Waals surface area contributed by atoms with Crippen LogP contribution in [0.25, 0.3) is 10.9 Å². The lowest BCUT2D eigenvalue weighted by molar-refractivity contribution is 0.0766. The molecule has 0 saturated carbocycles. The quantitative estimate of drug-likeness (QED) is 0.616. The Balaban J connectivity index is 2.80. The van der Waals surface area contributed by atoms with Crippen LogP contribution < -0.4 is 0 Å². The van der Waals surface area contributed by atoms with Crippen LogP contribution in [0.5, 0.6) is 0 Å². The molecule has 1 aromatic heterocycles. The average Bonchev–Trinajstić information content (AvgIpc) is 2.64. The van der Waals surface area contributed by atoms with Crippen molar-refractivity contribution in [2.75, 3.05) is 0 Å². The fourth-order valence-electron chi connectivity index (χ4n) is 1.59. The maximum absolute atomic E-state index is 13.6. The van der Waals surface area contributed by atoms with Crippen molar-refractivity contribution in [3.05, 3.63) is 35.5 Å². The summed E-state index contributed by atoms with van der Waals surface area (Å²) < 4.78 is 32.6. The highest BCUT2D eigenvalue weighted by Gasteiger charge is 2.20. The van der Waals surface area contributed by atoms with E-state index >= 15 is 0 Å². The Hall–Kier alpha value is -1.56. The van der Waals surface area contributed by atoms with Gasteiger partial charge in [-0.25, -0.2) is 13.6 Å². The minimum absolute atomic E-state index is 0.105. The highest BCUT2D eigenvalue weighted by Crippen LogP contribution is 2.24. The van der Waals surface area contributed by atoms with Crippen LogP contribution in [-0.4, -0.2) is 10.5 Å². The van der Waals surface area contributed by atoms with E-state index in [1.165, 1.54) is 10.6 Å². The van der Waals surface area contributed by atoms with E-state index in [4.69, 9.17) is 0 Å². The van der Waals surface area contributed by atoms with Gasteiger partial charge in [0.25, 0.3) is 0 Å². The summed E-state index contributed by atoms with van der Waals surface area (Å²) in [6, 6.07) is 2.81. The zero-order chi connectivity index (χ0) is 11.9. The number of carbonyl (C=O) groups excluding carboxylic acids is 1. The zero-order valence-corrected chi connectivity index (χ0v) is 9.09. The van der Waals surface area contributed by atoms with Crippen LogP contribution >= 0.6 is 12.9 Å². The van der Waals surface area contributed by atoms with Crippen LogP contribution in [0.2, 0.25) is 0 Å². The predicted molar refractivity (Wildman–Crippen MR) is 57.2 cm³/mol. The first kappa shape index (κ1) is 10.9. The molecule has 0 unspecified atom stereocenters. The fraction of sp³-hybridized carbons (Fsp3) is 0.100. The molecule has 0 aliphatic carbocycles. The molecule has 1 heterocycles. The van der Waals surface area contributed by atoms with Crippen LogP contribution in [0, 0.1) is 11.6 Å². The van der Waals surface area contributed by atoms with Gasteiger partial charge in [-0.15, -0.1) is 0 Å². The topological polar surface area (TPSA) is 31.2 Å². The summed E-state index contributed by atoms with van der Waals surface area (Å²) in [6.45, 7) is 0. The molecule has 6 heteroatoms. The van der Waals surface area contributed by atoms with Crippen molar-refractivity contribution in [2.45, 2.75) is 0 Å². The normalized spacial score (nSPS) is 10.8. The van der Waals surface area contributed by atoms with E-state index in [2.05, 4.69) is 17.1 Å². The average molecular weight is 243 g/mol. The van der Waals surface area contributed by atoms with Gasteiger partial charge in [0, 0.05) is 31.5 Å². The molecule has 84 valence electrons. The first-order valence-corrected chi connectivity index (χ1v) is 4.71. The molecule has 0 fully saturated rings. The number of rotatable bonds is 1. The summed E-state index contributed by atoms with van der Waals surface area (Å²) in [7, 11) is 1.58. The Labute approximate surface area is 95.2 Å². The van der Waals surface area contributed by atoms with Gasteiger partial charge in [0.15, 0.2) is 11.6 Å². The molecule has 0 saturated heterocycles. The van der Waals surface area contributed by atoms with Gasteiger partial charge in [0.2, 0.25) is 0 Å². The number of aromatic nitrogens is 1. The van der Waals surface area contributed by atoms with Crippen LogP contribution in [-0.2, 0) is 11.2 Å². The van der Waals surface area contributed by atoms with Gasteiger partial charge in [0.1, 0.15) is 5.56 Å². The molecule has 0 amide bonds. The SMILES string of the molecule is Cn1ccc2cc(C(=O)OS)c(F)c(F)c21. The molecular weight excluding hydrogens is 236 g/mol. The Kier molecular flexibility index (Phi) is 2.59. The summed E-state index contributed by atoms with van der Waals surface area (Å²) in [5.74, 6) is -3.32. The van der Waals surface area contributed by atoms with Crippen molar-refractivity contribution in [1.82, 2.24) is 4.57 Å². The lowest BCUT2D eigenvalue weighted by Gasteiger charge is -2.04. The molecule has 0 atom stereocenters. The van der Waals surface area contributed by atoms with Crippen molar-refractivity contribution in [1.29, 1.82) is 0 Å². The summed E-state index contributed by atoms with van der Waals surface area (Å²) in [6.07, 6.45) is 1.57. The van der Waals surface area contributed by atoms with Crippen molar-refractivity contribution in [3.63, 3.8) is 0 Å². The van der Waals surface area contributed by atoms with Crippen LogP contribution in [0.1, 0.15) is 10.4 Å². The molecule has 1 aromatic carbocycles. The highest BCUT2D eigenvalue weighted by atomic mass is 32.1. The third-order valence-corrected chi connectivity index (χ3v) is 2.51. The fourth-order valence-corrected chi connectivity index (χ4v) is 1.68. The number of hydrogen-bond acceptors (Lipinski definition) is 3. The van der Waals surface area contributed by atoms with Crippen molar-refractivity contribution < 1.29 is 17.8 Å². The molecule has 0 bridgehead atoms. The molecule has 3 nitrogen and oxygen atoms in total. The summed E-state index contributed by atoms with van der Waals surface area (Å²) >= 11 is 3.26. The standard InChI is InChI=1S/C10H7F2NO2S/c1-13-3-2-5-4-6(10(14)15-16)7(11)8(12)9(5)13/h2-4,16H,1H3. The van der Waals surface area contributed by atoms with Crippen molar-refractivity contribution >= 4 is 29.8 Å². The van der Waals surface area contributed by atoms with E-state index in [1.54, 1.807) is 19.3 Å². The molecule has 2 aromatic rings. The first-order chi connectivity index (χ1) is 7.56. The van der Waals surface area contributed by atoms with Gasteiger partial charge in [-0.2, -0.15) is 0 Å². The third-order valence-electron chi connectivity index (χ3n) is 2.34. The molecule has 2 rings (SSSR count). The van der Waals surface area contributed by atoms with E-state index in [-0.39, 0.29) is 5.52 Å². The summed E-state index contributed by atoms with van der Waals surface area (Å²) in [4.78, 5) is 11.1. The van der Waals surface area contributed by atoms with E-state index in [9.17, 15) is 13.6 Å². The van der Waals surface area contributed by atoms with E-state index in [1.807, 2.05) is 0 Å². The van der Waals surface area contributed by atoms with Crippen molar-refractivity contribution in [2.24, 2.45) is 7.05 Å². The molecule has 0 radical (unpaired) electrons. The van der Waals surface area contributed by atoms with Crippen molar-refractivity contribution in [3.8, 4) is 0 Å². The Morgan fingerprint density at radius 1 is 1.44 bits per heavy atom. The Morgan fingerprint density at radius 3 is 2.75 bits per heavy atom. The number of carbonyl (C=O) groups is 1. The number of hydrogen-bond donors (Lipinski definition) is 1. The second-order valence-electron chi connectivity index (χ2n) is 3.30. The lowest BCUT2D eigenvalue weighted by atomic mass is 10.1. The number of halogens is 2. The minimum Gasteiger partial charge on any atom is -0.391 e. The van der Waals surface area contributed by atoms with Crippen LogP contribution in [0.3, 0.4) is 0 Å². The van der Waals surface area contributed by atoms with Gasteiger partial charge < -0.3 is 8.75 Å². The third kappa shape index (κ3) is 1.46. The van der Waals surface area contributed by atoms with Gasteiger partial charge in [-0.1, -0.05) is 0 Å². The number of aryl methyl sites for hydroxylation is 1. The largest absolute Gasteiger partial charge is 0.391 e. The summed E-state index contributed by atoms with van der Waals surface area (Å²) in [5.41, 5.74) is -0.362. The monoisotopic (exact) mass is 243 g/mol. The molecule has 0 aliphatic heterocycles. The van der Waals surface area contributed by atoms with Crippen LogP contribution in [0.4, 0.5) is 8.78 Å². The predicted octanol–water partition coefficient (Wildman–Crippen LogP) is 2.46. The smallest absolute Gasteiger partial charge is 0.353 e. The van der Waals surface area contributed by atoms with Gasteiger partial charge >= 0.3 is 5.97 Å². The molecule has 0 spiro atoms. The van der Waals surface area contributed by atoms with E-state index in [0.29, 0.717) is 5.39 Å². The number of nitrogens with zero attached hydrogens (tertiary/aromatic N) is 1. The number of thiol groups is 1. The summed E-state index contributed by atoms with van der Waals surface area (Å²) in [5, 5.41) is 0.426. The first-order valence-electron chi connectivity index (χ1n) is 4.35. The van der Waals surface area contributed by atoms with Gasteiger partial charge in [-0.3, -0.25) is 0 Å². The van der Waals surface area contributed by atoms with E-state index < -0.39 is 23.2 Å². The maximum Gasteiger partial charge on any atom is 0.353 e. The Morgan fingerprint density at radius 2 is 2.12 bits per heavy atom. The number of fused-ring (bicyclic) bond motifs is 1. The Bertz CT molecular complexity index is 580. The van der Waals surface area contributed by atoms with Gasteiger partial charge in [-0.05, 0) is 12.1 Å². The number of benzene rings is 1. The van der Waals surface area contributed by atoms with E-state index in [0.717, 1.165) is 0 Å². The van der Waals surface area contributed by atoms with Crippen LogP contribution in [0.15, 0.2) is 18.3 Å². The second kappa shape index (κ2) is 3.79. The maximum atomic E-state index is 13.6. The molecular formula is C10H7F2NO2S. The highest BCUT2D eigenvalue weighted by molar-refractivity contribution is 7.75. The molecule has 0 N–H and O–H groups in total. The lowest BCUT2D eigenvalue weighted by Crippen LogP contribution is -2.05.